The minimum Gasteiger partial charge on any atom is -0.480 e. The zero-order chi connectivity index (χ0) is 24.6. The summed E-state index contributed by atoms with van der Waals surface area (Å²) < 4.78 is 5.05. The first-order valence-corrected chi connectivity index (χ1v) is 13.2. The highest BCUT2D eigenvalue weighted by molar-refractivity contribution is 8.05. The van der Waals surface area contributed by atoms with Crippen LogP contribution in [0.3, 0.4) is 0 Å². The van der Waals surface area contributed by atoms with Crippen molar-refractivity contribution in [3.8, 4) is 0 Å². The van der Waals surface area contributed by atoms with Gasteiger partial charge in [0.15, 0.2) is 0 Å². The van der Waals surface area contributed by atoms with Gasteiger partial charge in [-0.25, -0.2) is 0 Å². The first kappa shape index (κ1) is 24.0. The molecular formula is C28H28ClNO4S. The Labute approximate surface area is 214 Å². The van der Waals surface area contributed by atoms with Crippen LogP contribution in [0.5, 0.6) is 0 Å². The molecule has 0 radical (unpaired) electrons. The van der Waals surface area contributed by atoms with E-state index in [-0.39, 0.29) is 18.4 Å². The number of benzene rings is 2. The second kappa shape index (κ2) is 9.75. The van der Waals surface area contributed by atoms with Gasteiger partial charge in [0.2, 0.25) is 0 Å². The summed E-state index contributed by atoms with van der Waals surface area (Å²) in [5.74, 6) is -0.962. The van der Waals surface area contributed by atoms with Gasteiger partial charge in [-0.05, 0) is 53.7 Å². The SMILES string of the molecule is COC(=O)C1C=C2C(=C(C3CCCCC3)C(c3ccccc3)(c3ccc(Cl)cc3)N2CC(=O)O)S1. The molecule has 1 saturated carbocycles. The van der Waals surface area contributed by atoms with Crippen LogP contribution in [0.2, 0.25) is 5.02 Å². The Morgan fingerprint density at radius 1 is 1.06 bits per heavy atom. The van der Waals surface area contributed by atoms with Crippen molar-refractivity contribution >= 4 is 35.3 Å². The summed E-state index contributed by atoms with van der Waals surface area (Å²) in [6.07, 6.45) is 7.44. The van der Waals surface area contributed by atoms with Crippen LogP contribution in [0, 0.1) is 5.92 Å². The van der Waals surface area contributed by atoms with Crippen molar-refractivity contribution in [3.05, 3.63) is 93.0 Å². The Kier molecular flexibility index (Phi) is 6.69. The summed E-state index contributed by atoms with van der Waals surface area (Å²) in [4.78, 5) is 27.8. The van der Waals surface area contributed by atoms with Crippen LogP contribution in [0.1, 0.15) is 43.2 Å². The first-order chi connectivity index (χ1) is 17.0. The van der Waals surface area contributed by atoms with Crippen molar-refractivity contribution in [2.45, 2.75) is 42.9 Å². The van der Waals surface area contributed by atoms with E-state index >= 15 is 0 Å². The molecule has 2 aromatic carbocycles. The van der Waals surface area contributed by atoms with Crippen LogP contribution in [0.15, 0.2) is 76.8 Å². The number of aliphatic carboxylic acids is 1. The third kappa shape index (κ3) is 4.07. The van der Waals surface area contributed by atoms with Crippen LogP contribution >= 0.6 is 23.4 Å². The first-order valence-electron chi connectivity index (χ1n) is 12.0. The van der Waals surface area contributed by atoms with Crippen molar-refractivity contribution in [1.29, 1.82) is 0 Å². The average Bonchev–Trinajstić information content (AvgIpc) is 3.41. The summed E-state index contributed by atoms with van der Waals surface area (Å²) in [5, 5.41) is 10.2. The molecule has 0 saturated heterocycles. The summed E-state index contributed by atoms with van der Waals surface area (Å²) in [7, 11) is 1.39. The number of hydrogen-bond acceptors (Lipinski definition) is 5. The minimum atomic E-state index is -0.920. The monoisotopic (exact) mass is 509 g/mol. The average molecular weight is 510 g/mol. The maximum absolute atomic E-state index is 12.5. The van der Waals surface area contributed by atoms with Crippen LogP contribution in [-0.2, 0) is 19.9 Å². The van der Waals surface area contributed by atoms with E-state index in [1.54, 1.807) is 0 Å². The number of esters is 1. The molecule has 0 bridgehead atoms. The summed E-state index contributed by atoms with van der Waals surface area (Å²) in [6, 6.07) is 17.9. The normalized spacial score (nSPS) is 24.3. The molecule has 2 atom stereocenters. The minimum absolute atomic E-state index is 0.197. The van der Waals surface area contributed by atoms with E-state index in [0.29, 0.717) is 5.02 Å². The fourth-order valence-corrected chi connectivity index (χ4v) is 7.46. The van der Waals surface area contributed by atoms with E-state index in [2.05, 4.69) is 12.1 Å². The lowest BCUT2D eigenvalue weighted by Crippen LogP contribution is -2.48. The van der Waals surface area contributed by atoms with Gasteiger partial charge in [0.25, 0.3) is 0 Å². The van der Waals surface area contributed by atoms with Crippen molar-refractivity contribution in [3.63, 3.8) is 0 Å². The number of ether oxygens (including phenoxy) is 1. The zero-order valence-electron chi connectivity index (χ0n) is 19.6. The second-order valence-corrected chi connectivity index (χ2v) is 10.8. The number of carbonyl (C=O) groups excluding carboxylic acids is 1. The van der Waals surface area contributed by atoms with Gasteiger partial charge < -0.3 is 14.7 Å². The molecule has 2 unspecified atom stereocenters. The van der Waals surface area contributed by atoms with Gasteiger partial charge in [-0.15, -0.1) is 11.8 Å². The van der Waals surface area contributed by atoms with Crippen molar-refractivity contribution in [2.24, 2.45) is 5.92 Å². The molecule has 1 fully saturated rings. The van der Waals surface area contributed by atoms with Crippen molar-refractivity contribution in [2.75, 3.05) is 13.7 Å². The molecule has 0 spiro atoms. The van der Waals surface area contributed by atoms with Crippen LogP contribution < -0.4 is 0 Å². The maximum atomic E-state index is 12.5. The molecular weight excluding hydrogens is 482 g/mol. The number of methoxy groups -OCH3 is 1. The second-order valence-electron chi connectivity index (χ2n) is 9.25. The standard InChI is InChI=1S/C28H28ClNO4S/c1-34-27(33)23-16-22-26(35-23)25(18-8-4-2-5-9-18)28(30(22)17-24(31)32,19-10-6-3-7-11-19)20-12-14-21(29)15-13-20/h3,6-7,10-16,18,23H,2,4-5,8-9,17H2,1H3,(H,31,32). The van der Waals surface area contributed by atoms with Gasteiger partial charge in [0.1, 0.15) is 17.3 Å². The van der Waals surface area contributed by atoms with Crippen LogP contribution in [-0.4, -0.2) is 40.8 Å². The molecule has 2 aromatic rings. The largest absolute Gasteiger partial charge is 0.480 e. The molecule has 0 aromatic heterocycles. The van der Waals surface area contributed by atoms with Gasteiger partial charge in [-0.1, -0.05) is 73.3 Å². The quantitative estimate of drug-likeness (QED) is 0.482. The fourth-order valence-electron chi connectivity index (χ4n) is 5.95. The zero-order valence-corrected chi connectivity index (χ0v) is 21.1. The molecule has 2 heterocycles. The number of carboxylic acid groups (broad SMARTS) is 1. The molecule has 7 heteroatoms. The van der Waals surface area contributed by atoms with Crippen molar-refractivity contribution < 1.29 is 19.4 Å². The number of hydrogen-bond donors (Lipinski definition) is 1. The Morgan fingerprint density at radius 3 is 2.34 bits per heavy atom. The van der Waals surface area contributed by atoms with E-state index in [0.717, 1.165) is 47.4 Å². The highest BCUT2D eigenvalue weighted by atomic mass is 35.5. The third-order valence-electron chi connectivity index (χ3n) is 7.31. The fraction of sp³-hybridized carbons (Fsp3) is 0.357. The summed E-state index contributed by atoms with van der Waals surface area (Å²) in [6.45, 7) is -0.197. The Hall–Kier alpha value is -2.70. The third-order valence-corrected chi connectivity index (χ3v) is 8.81. The molecule has 0 amide bonds. The predicted molar refractivity (Wildman–Crippen MR) is 138 cm³/mol. The van der Waals surface area contributed by atoms with Gasteiger partial charge in [0.05, 0.1) is 7.11 Å². The molecule has 35 heavy (non-hydrogen) atoms. The number of thioether (sulfide) groups is 1. The predicted octanol–water partition coefficient (Wildman–Crippen LogP) is 5.99. The lowest BCUT2D eigenvalue weighted by atomic mass is 9.69. The molecule has 1 aliphatic carbocycles. The van der Waals surface area contributed by atoms with Crippen molar-refractivity contribution in [1.82, 2.24) is 4.90 Å². The van der Waals surface area contributed by atoms with Crippen LogP contribution in [0.4, 0.5) is 0 Å². The number of rotatable bonds is 6. The lowest BCUT2D eigenvalue weighted by Gasteiger charge is -2.45. The number of carboxylic acids is 1. The summed E-state index contributed by atoms with van der Waals surface area (Å²) >= 11 is 7.79. The topological polar surface area (TPSA) is 66.8 Å². The van der Waals surface area contributed by atoms with Gasteiger partial charge in [0, 0.05) is 15.6 Å². The molecule has 182 valence electrons. The van der Waals surface area contributed by atoms with Gasteiger partial charge >= 0.3 is 11.9 Å². The molecule has 5 nitrogen and oxygen atoms in total. The molecule has 1 N–H and O–H groups in total. The number of fused-ring (bicyclic) bond motifs is 1. The molecule has 2 aliphatic heterocycles. The van der Waals surface area contributed by atoms with Gasteiger partial charge in [-0.3, -0.25) is 9.59 Å². The van der Waals surface area contributed by atoms with E-state index in [1.165, 1.54) is 30.9 Å². The van der Waals surface area contributed by atoms with E-state index < -0.39 is 16.8 Å². The Balaban J connectivity index is 1.82. The van der Waals surface area contributed by atoms with E-state index in [9.17, 15) is 14.7 Å². The highest BCUT2D eigenvalue weighted by Crippen LogP contribution is 2.61. The molecule has 3 aliphatic rings. The number of nitrogens with zero attached hydrogens (tertiary/aromatic N) is 1. The number of halogens is 1. The Morgan fingerprint density at radius 2 is 1.71 bits per heavy atom. The summed E-state index contributed by atoms with van der Waals surface area (Å²) in [5.41, 5.74) is 3.21. The molecule has 5 rings (SSSR count). The Bertz CT molecular complexity index is 1190. The smallest absolute Gasteiger partial charge is 0.323 e. The highest BCUT2D eigenvalue weighted by Gasteiger charge is 2.56. The van der Waals surface area contributed by atoms with Gasteiger partial charge in [-0.2, -0.15) is 0 Å². The number of carbonyl (C=O) groups is 2. The van der Waals surface area contributed by atoms with E-state index in [4.69, 9.17) is 16.3 Å². The van der Waals surface area contributed by atoms with E-state index in [1.807, 2.05) is 53.4 Å². The maximum Gasteiger partial charge on any atom is 0.323 e. The lowest BCUT2D eigenvalue weighted by molar-refractivity contribution is -0.139. The van der Waals surface area contributed by atoms with Crippen LogP contribution in [0.25, 0.3) is 0 Å².